The Kier molecular flexibility index (Phi) is 7.18. The van der Waals surface area contributed by atoms with Crippen LogP contribution < -0.4 is 4.90 Å². The van der Waals surface area contributed by atoms with E-state index >= 15 is 0 Å². The minimum absolute atomic E-state index is 0.931. The van der Waals surface area contributed by atoms with Crippen LogP contribution in [0.2, 0.25) is 0 Å². The van der Waals surface area contributed by atoms with Gasteiger partial charge in [0.15, 0.2) is 0 Å². The molecule has 244 valence electrons. The third-order valence-corrected chi connectivity index (χ3v) is 10.6. The van der Waals surface area contributed by atoms with Gasteiger partial charge in [0.25, 0.3) is 0 Å². The highest BCUT2D eigenvalue weighted by atomic mass is 32.1. The van der Waals surface area contributed by atoms with Gasteiger partial charge >= 0.3 is 0 Å². The van der Waals surface area contributed by atoms with Gasteiger partial charge in [-0.3, -0.25) is 0 Å². The van der Waals surface area contributed by atoms with Crippen molar-refractivity contribution >= 4 is 70.5 Å². The van der Waals surface area contributed by atoms with Crippen molar-refractivity contribution in [1.29, 1.82) is 0 Å². The summed E-state index contributed by atoms with van der Waals surface area (Å²) in [5.74, 6) is 0. The van der Waals surface area contributed by atoms with Gasteiger partial charge in [0.05, 0.1) is 16.7 Å². The number of thiophene rings is 1. The molecule has 4 heterocycles. The van der Waals surface area contributed by atoms with Gasteiger partial charge in [-0.15, -0.1) is 11.3 Å². The average molecular weight is 686 g/mol. The van der Waals surface area contributed by atoms with Gasteiger partial charge in [0.1, 0.15) is 23.8 Å². The molecular formula is C44H27N7S. The molecule has 6 aromatic carbocycles. The predicted molar refractivity (Wildman–Crippen MR) is 212 cm³/mol. The zero-order valence-electron chi connectivity index (χ0n) is 27.6. The number of fused-ring (bicyclic) bond motifs is 5. The van der Waals surface area contributed by atoms with Gasteiger partial charge < -0.3 is 4.90 Å². The minimum atomic E-state index is 0.931. The van der Waals surface area contributed by atoms with Crippen LogP contribution in [0.5, 0.6) is 0 Å². The van der Waals surface area contributed by atoms with Crippen molar-refractivity contribution in [2.24, 2.45) is 0 Å². The topological polar surface area (TPSA) is 80.6 Å². The Balaban J connectivity index is 1.04. The SMILES string of the molecule is c1ccc2c(c1)sc1ncnc(-c3ccc(N(c4ccc(-c5ccc6ncncc6c5)cc4)c4ccc(-c5ccc6ncncc6c5)cc4)cc3)c12. The number of aromatic nitrogens is 6. The molecule has 0 aliphatic carbocycles. The molecule has 7 nitrogen and oxygen atoms in total. The minimum Gasteiger partial charge on any atom is -0.311 e. The Bertz CT molecular complexity index is 2780. The molecule has 52 heavy (non-hydrogen) atoms. The lowest BCUT2D eigenvalue weighted by molar-refractivity contribution is 1.22. The maximum absolute atomic E-state index is 4.77. The Labute approximate surface area is 302 Å². The molecule has 0 saturated carbocycles. The highest BCUT2D eigenvalue weighted by molar-refractivity contribution is 7.25. The van der Waals surface area contributed by atoms with E-state index in [-0.39, 0.29) is 0 Å². The maximum atomic E-state index is 4.77. The molecule has 0 saturated heterocycles. The van der Waals surface area contributed by atoms with Crippen LogP contribution in [0.4, 0.5) is 17.1 Å². The molecule has 0 spiro atoms. The number of nitrogens with zero attached hydrogens (tertiary/aromatic N) is 7. The fourth-order valence-electron chi connectivity index (χ4n) is 6.92. The van der Waals surface area contributed by atoms with E-state index in [0.29, 0.717) is 0 Å². The van der Waals surface area contributed by atoms with E-state index < -0.39 is 0 Å². The fraction of sp³-hybridized carbons (Fsp3) is 0. The molecule has 10 aromatic rings. The van der Waals surface area contributed by atoms with Crippen LogP contribution in [0.25, 0.3) is 75.6 Å². The quantitative estimate of drug-likeness (QED) is 0.172. The second kappa shape index (κ2) is 12.5. The van der Waals surface area contributed by atoms with Crippen LogP contribution in [0.3, 0.4) is 0 Å². The lowest BCUT2D eigenvalue weighted by Crippen LogP contribution is -2.09. The molecule has 0 aliphatic rings. The predicted octanol–water partition coefficient (Wildman–Crippen LogP) is 11.2. The average Bonchev–Trinajstić information content (AvgIpc) is 3.61. The van der Waals surface area contributed by atoms with Crippen molar-refractivity contribution in [2.75, 3.05) is 4.90 Å². The molecule has 0 fully saturated rings. The lowest BCUT2D eigenvalue weighted by Gasteiger charge is -2.26. The summed E-state index contributed by atoms with van der Waals surface area (Å²) in [5.41, 5.74) is 11.5. The molecule has 0 atom stereocenters. The normalized spacial score (nSPS) is 11.5. The van der Waals surface area contributed by atoms with Gasteiger partial charge in [-0.25, -0.2) is 29.9 Å². The van der Waals surface area contributed by atoms with Gasteiger partial charge in [-0.2, -0.15) is 0 Å². The number of anilines is 3. The summed E-state index contributed by atoms with van der Waals surface area (Å²) in [6.45, 7) is 0. The van der Waals surface area contributed by atoms with E-state index in [0.717, 1.165) is 82.6 Å². The zero-order valence-corrected chi connectivity index (χ0v) is 28.4. The molecule has 10 rings (SSSR count). The van der Waals surface area contributed by atoms with Crippen molar-refractivity contribution in [3.63, 3.8) is 0 Å². The summed E-state index contributed by atoms with van der Waals surface area (Å²) < 4.78 is 1.21. The summed E-state index contributed by atoms with van der Waals surface area (Å²) in [7, 11) is 0. The first-order valence-electron chi connectivity index (χ1n) is 16.9. The summed E-state index contributed by atoms with van der Waals surface area (Å²) in [4.78, 5) is 29.8. The highest BCUT2D eigenvalue weighted by Crippen LogP contribution is 2.40. The smallest absolute Gasteiger partial charge is 0.128 e. The molecule has 0 unspecified atom stereocenters. The van der Waals surface area contributed by atoms with Crippen LogP contribution >= 0.6 is 11.3 Å². The Morgan fingerprint density at radius 2 is 0.962 bits per heavy atom. The lowest BCUT2D eigenvalue weighted by atomic mass is 10.0. The first-order chi connectivity index (χ1) is 25.7. The van der Waals surface area contributed by atoms with E-state index in [1.54, 1.807) is 30.3 Å². The second-order valence-electron chi connectivity index (χ2n) is 12.6. The first kappa shape index (κ1) is 30.0. The molecule has 0 aliphatic heterocycles. The van der Waals surface area contributed by atoms with Crippen molar-refractivity contribution < 1.29 is 0 Å². The number of hydrogen-bond donors (Lipinski definition) is 0. The fourth-order valence-corrected chi connectivity index (χ4v) is 7.97. The largest absolute Gasteiger partial charge is 0.311 e. The number of benzene rings is 6. The van der Waals surface area contributed by atoms with Crippen molar-refractivity contribution in [2.45, 2.75) is 0 Å². The monoisotopic (exact) mass is 685 g/mol. The van der Waals surface area contributed by atoms with Crippen LogP contribution in [-0.4, -0.2) is 29.9 Å². The van der Waals surface area contributed by atoms with E-state index in [1.165, 1.54) is 10.1 Å². The second-order valence-corrected chi connectivity index (χ2v) is 13.6. The Morgan fingerprint density at radius 3 is 1.54 bits per heavy atom. The third-order valence-electron chi connectivity index (χ3n) is 9.50. The molecule has 0 bridgehead atoms. The van der Waals surface area contributed by atoms with E-state index in [9.17, 15) is 0 Å². The van der Waals surface area contributed by atoms with E-state index in [4.69, 9.17) is 4.98 Å². The highest BCUT2D eigenvalue weighted by Gasteiger charge is 2.17. The Morgan fingerprint density at radius 1 is 0.442 bits per heavy atom. The van der Waals surface area contributed by atoms with Crippen LogP contribution in [0, 0.1) is 0 Å². The van der Waals surface area contributed by atoms with E-state index in [1.807, 2.05) is 24.5 Å². The summed E-state index contributed by atoms with van der Waals surface area (Å²) in [6.07, 6.45) is 8.54. The van der Waals surface area contributed by atoms with Crippen LogP contribution in [0.1, 0.15) is 0 Å². The number of rotatable bonds is 6. The van der Waals surface area contributed by atoms with Crippen molar-refractivity contribution in [3.05, 3.63) is 165 Å². The van der Waals surface area contributed by atoms with E-state index in [2.05, 4.69) is 151 Å². The van der Waals surface area contributed by atoms with Gasteiger partial charge in [0.2, 0.25) is 0 Å². The van der Waals surface area contributed by atoms with Gasteiger partial charge in [0, 0.05) is 61.3 Å². The molecule has 0 amide bonds. The van der Waals surface area contributed by atoms with Crippen LogP contribution in [-0.2, 0) is 0 Å². The van der Waals surface area contributed by atoms with Crippen molar-refractivity contribution in [3.8, 4) is 33.5 Å². The molecular weight excluding hydrogens is 659 g/mol. The van der Waals surface area contributed by atoms with Crippen LogP contribution in [0.15, 0.2) is 165 Å². The zero-order chi connectivity index (χ0) is 34.4. The van der Waals surface area contributed by atoms with Gasteiger partial charge in [-0.05, 0) is 89.0 Å². The first-order valence-corrected chi connectivity index (χ1v) is 17.7. The summed E-state index contributed by atoms with van der Waals surface area (Å²) in [5, 5.41) is 4.31. The molecule has 0 N–H and O–H groups in total. The summed E-state index contributed by atoms with van der Waals surface area (Å²) in [6, 6.07) is 47.1. The number of hydrogen-bond acceptors (Lipinski definition) is 8. The summed E-state index contributed by atoms with van der Waals surface area (Å²) >= 11 is 1.70. The molecule has 8 heteroatoms. The Hall–Kier alpha value is -6.90. The third kappa shape index (κ3) is 5.30. The standard InChI is InChI=1S/C44H27N7S/c1-2-4-41-38(3-1)42-43(49-27-50-44(42)52-41)30-9-17-37(18-10-30)51(35-13-5-28(6-14-35)31-11-19-39-33(21-31)23-45-25-47-39)36-15-7-29(8-16-36)32-12-20-40-34(22-32)24-46-26-48-40/h1-27H. The maximum Gasteiger partial charge on any atom is 0.128 e. The van der Waals surface area contributed by atoms with Gasteiger partial charge in [-0.1, -0.05) is 66.7 Å². The van der Waals surface area contributed by atoms with Crippen molar-refractivity contribution in [1.82, 2.24) is 29.9 Å². The molecule has 4 aromatic heterocycles. The molecule has 0 radical (unpaired) electrons.